The zero-order chi connectivity index (χ0) is 22.5. The number of aryl methyl sites for hydroxylation is 2. The maximum Gasteiger partial charge on any atom is 0.119 e. The molecule has 1 heteroatoms. The van der Waals surface area contributed by atoms with Crippen LogP contribution in [0.4, 0.5) is 0 Å². The maximum atomic E-state index is 11.1. The van der Waals surface area contributed by atoms with Gasteiger partial charge in [0, 0.05) is 0 Å². The number of aromatic hydroxyl groups is 1. The first-order valence-electron chi connectivity index (χ1n) is 12.2. The summed E-state index contributed by atoms with van der Waals surface area (Å²) in [6.45, 7) is 13.4. The summed E-state index contributed by atoms with van der Waals surface area (Å²) in [4.78, 5) is 0. The third-order valence-corrected chi connectivity index (χ3v) is 6.81. The molecule has 0 spiro atoms. The highest BCUT2D eigenvalue weighted by Gasteiger charge is 2.22. The fraction of sp³-hybridized carbons (Fsp3) is 0.400. The Kier molecular flexibility index (Phi) is 7.59. The van der Waals surface area contributed by atoms with Gasteiger partial charge in [-0.2, -0.15) is 0 Å². The lowest BCUT2D eigenvalue weighted by Gasteiger charge is -2.24. The summed E-state index contributed by atoms with van der Waals surface area (Å²) in [5.74, 6) is 0.437. The fourth-order valence-electron chi connectivity index (χ4n) is 5.32. The zero-order valence-corrected chi connectivity index (χ0v) is 20.2. The molecule has 0 saturated heterocycles. The first-order valence-corrected chi connectivity index (χ1v) is 12.2. The molecule has 1 N–H and O–H groups in total. The minimum Gasteiger partial charge on any atom is -0.508 e. The molecule has 0 radical (unpaired) electrons. The van der Waals surface area contributed by atoms with Crippen molar-refractivity contribution in [3.63, 3.8) is 0 Å². The molecule has 0 fully saturated rings. The number of phenols is 1. The van der Waals surface area contributed by atoms with Gasteiger partial charge >= 0.3 is 0 Å². The average molecular weight is 415 g/mol. The monoisotopic (exact) mass is 414 g/mol. The van der Waals surface area contributed by atoms with Crippen LogP contribution in [0.2, 0.25) is 0 Å². The number of benzene rings is 3. The van der Waals surface area contributed by atoms with E-state index in [2.05, 4.69) is 77.9 Å². The lowest BCUT2D eigenvalue weighted by atomic mass is 9.80. The highest BCUT2D eigenvalue weighted by Crippen LogP contribution is 2.44. The zero-order valence-electron chi connectivity index (χ0n) is 20.2. The van der Waals surface area contributed by atoms with Crippen molar-refractivity contribution in [3.05, 3.63) is 75.8 Å². The van der Waals surface area contributed by atoms with Crippen molar-refractivity contribution in [3.8, 4) is 28.0 Å². The van der Waals surface area contributed by atoms with E-state index < -0.39 is 0 Å². The molecule has 0 aliphatic rings. The molecular formula is C30H38O. The first-order chi connectivity index (χ1) is 15.1. The van der Waals surface area contributed by atoms with E-state index in [9.17, 15) is 5.11 Å². The van der Waals surface area contributed by atoms with Crippen LogP contribution >= 0.6 is 0 Å². The highest BCUT2D eigenvalue weighted by atomic mass is 16.3. The third kappa shape index (κ3) is 4.15. The van der Waals surface area contributed by atoms with Crippen molar-refractivity contribution in [1.82, 2.24) is 0 Å². The normalized spacial score (nSPS) is 11.2. The number of hydrogen-bond acceptors (Lipinski definition) is 1. The first kappa shape index (κ1) is 23.1. The molecule has 0 bridgehead atoms. The molecule has 0 aromatic heterocycles. The average Bonchev–Trinajstić information content (AvgIpc) is 2.81. The van der Waals surface area contributed by atoms with E-state index in [1.54, 1.807) is 0 Å². The molecule has 3 rings (SSSR count). The molecule has 0 amide bonds. The summed E-state index contributed by atoms with van der Waals surface area (Å²) in [5.41, 5.74) is 13.2. The Labute approximate surface area is 189 Å². The second kappa shape index (κ2) is 10.2. The van der Waals surface area contributed by atoms with E-state index >= 15 is 0 Å². The molecule has 0 heterocycles. The van der Waals surface area contributed by atoms with Crippen molar-refractivity contribution in [2.75, 3.05) is 0 Å². The van der Waals surface area contributed by atoms with Gasteiger partial charge in [0.15, 0.2) is 0 Å². The van der Waals surface area contributed by atoms with E-state index in [4.69, 9.17) is 0 Å². The lowest BCUT2D eigenvalue weighted by Crippen LogP contribution is -2.04. The van der Waals surface area contributed by atoms with Gasteiger partial charge in [0.05, 0.1) is 0 Å². The molecule has 31 heavy (non-hydrogen) atoms. The SMILES string of the molecule is CCc1cccc(-c2cc(O)c(CC)c(CC)c2-c2cccc(CC)c2CC)c1CC. The Bertz CT molecular complexity index is 1060. The fourth-order valence-corrected chi connectivity index (χ4v) is 5.32. The van der Waals surface area contributed by atoms with Gasteiger partial charge < -0.3 is 5.11 Å². The van der Waals surface area contributed by atoms with Crippen LogP contribution in [-0.4, -0.2) is 5.11 Å². The topological polar surface area (TPSA) is 20.2 Å². The summed E-state index contributed by atoms with van der Waals surface area (Å²) < 4.78 is 0. The van der Waals surface area contributed by atoms with Crippen LogP contribution in [0.1, 0.15) is 74.9 Å². The standard InChI is InChI=1S/C30H38O/c1-7-20-15-13-17-26(22(20)9-3)28-19-29(31)24(11-5)25(12-6)30(28)27-18-14-16-21(8-2)23(27)10-4/h13-19,31H,7-12H2,1-6H3. The van der Waals surface area contributed by atoms with Crippen molar-refractivity contribution in [1.29, 1.82) is 0 Å². The van der Waals surface area contributed by atoms with Gasteiger partial charge in [-0.3, -0.25) is 0 Å². The van der Waals surface area contributed by atoms with Crippen LogP contribution in [0.3, 0.4) is 0 Å². The van der Waals surface area contributed by atoms with Gasteiger partial charge in [-0.1, -0.05) is 77.9 Å². The Morgan fingerprint density at radius 1 is 0.516 bits per heavy atom. The van der Waals surface area contributed by atoms with E-state index in [1.165, 1.54) is 50.1 Å². The van der Waals surface area contributed by atoms with Crippen LogP contribution in [0.25, 0.3) is 22.3 Å². The second-order valence-electron chi connectivity index (χ2n) is 8.28. The van der Waals surface area contributed by atoms with Gasteiger partial charge in [0.2, 0.25) is 0 Å². The number of hydrogen-bond donors (Lipinski definition) is 1. The van der Waals surface area contributed by atoms with Crippen LogP contribution in [-0.2, 0) is 38.5 Å². The lowest BCUT2D eigenvalue weighted by molar-refractivity contribution is 0.468. The summed E-state index contributed by atoms with van der Waals surface area (Å²) in [5, 5.41) is 11.1. The van der Waals surface area contributed by atoms with E-state index in [-0.39, 0.29) is 0 Å². The van der Waals surface area contributed by atoms with Crippen LogP contribution < -0.4 is 0 Å². The molecule has 0 saturated carbocycles. The third-order valence-electron chi connectivity index (χ3n) is 6.81. The summed E-state index contributed by atoms with van der Waals surface area (Å²) in [6.07, 6.45) is 5.82. The predicted molar refractivity (Wildman–Crippen MR) is 135 cm³/mol. The van der Waals surface area contributed by atoms with E-state index in [0.29, 0.717) is 5.75 Å². The largest absolute Gasteiger partial charge is 0.508 e. The van der Waals surface area contributed by atoms with Gasteiger partial charge in [-0.25, -0.2) is 0 Å². The second-order valence-corrected chi connectivity index (χ2v) is 8.28. The quantitative estimate of drug-likeness (QED) is 0.395. The summed E-state index contributed by atoms with van der Waals surface area (Å²) in [7, 11) is 0. The molecule has 3 aromatic carbocycles. The maximum absolute atomic E-state index is 11.1. The van der Waals surface area contributed by atoms with Gasteiger partial charge in [0.1, 0.15) is 5.75 Å². The predicted octanol–water partition coefficient (Wildman–Crippen LogP) is 8.10. The van der Waals surface area contributed by atoms with Crippen LogP contribution in [0, 0.1) is 0 Å². The molecular weight excluding hydrogens is 376 g/mol. The van der Waals surface area contributed by atoms with Crippen molar-refractivity contribution in [2.24, 2.45) is 0 Å². The molecule has 1 nitrogen and oxygen atoms in total. The number of rotatable bonds is 8. The Morgan fingerprint density at radius 3 is 1.48 bits per heavy atom. The molecule has 0 aliphatic heterocycles. The summed E-state index contributed by atoms with van der Waals surface area (Å²) in [6, 6.07) is 15.5. The van der Waals surface area contributed by atoms with Crippen molar-refractivity contribution < 1.29 is 5.11 Å². The molecule has 0 aliphatic carbocycles. The van der Waals surface area contributed by atoms with Crippen molar-refractivity contribution in [2.45, 2.75) is 80.1 Å². The van der Waals surface area contributed by atoms with Gasteiger partial charge in [-0.15, -0.1) is 0 Å². The Balaban J connectivity index is 2.50. The van der Waals surface area contributed by atoms with E-state index in [1.807, 2.05) is 6.07 Å². The Hall–Kier alpha value is -2.54. The molecule has 0 atom stereocenters. The highest BCUT2D eigenvalue weighted by molar-refractivity contribution is 5.91. The summed E-state index contributed by atoms with van der Waals surface area (Å²) >= 11 is 0. The van der Waals surface area contributed by atoms with E-state index in [0.717, 1.165) is 44.1 Å². The minimum atomic E-state index is 0.437. The molecule has 164 valence electrons. The molecule has 3 aromatic rings. The number of phenolic OH excluding ortho intramolecular Hbond substituents is 1. The van der Waals surface area contributed by atoms with Crippen molar-refractivity contribution >= 4 is 0 Å². The minimum absolute atomic E-state index is 0.437. The molecule has 0 unspecified atom stereocenters. The van der Waals surface area contributed by atoms with Crippen LogP contribution in [0.5, 0.6) is 5.75 Å². The van der Waals surface area contributed by atoms with Gasteiger partial charge in [-0.05, 0) is 100 Å². The van der Waals surface area contributed by atoms with Gasteiger partial charge in [0.25, 0.3) is 0 Å². The smallest absolute Gasteiger partial charge is 0.119 e. The van der Waals surface area contributed by atoms with Crippen LogP contribution in [0.15, 0.2) is 42.5 Å². The Morgan fingerprint density at radius 2 is 1.00 bits per heavy atom.